The number of amides is 1. The predicted octanol–water partition coefficient (Wildman–Crippen LogP) is 3.07. The van der Waals surface area contributed by atoms with Gasteiger partial charge >= 0.3 is 0 Å². The highest BCUT2D eigenvalue weighted by Crippen LogP contribution is 2.19. The molecule has 7 heteroatoms. The van der Waals surface area contributed by atoms with Crippen molar-refractivity contribution in [2.24, 2.45) is 0 Å². The summed E-state index contributed by atoms with van der Waals surface area (Å²) in [4.78, 5) is 12.9. The van der Waals surface area contributed by atoms with Gasteiger partial charge < -0.3 is 4.90 Å². The Kier molecular flexibility index (Phi) is 5.65. The van der Waals surface area contributed by atoms with Gasteiger partial charge in [-0.05, 0) is 24.5 Å². The van der Waals surface area contributed by atoms with Gasteiger partial charge in [-0.1, -0.05) is 0 Å². The monoisotopic (exact) mass is 295 g/mol. The predicted molar refractivity (Wildman–Crippen MR) is 66.2 cm³/mol. The van der Waals surface area contributed by atoms with Crippen molar-refractivity contribution < 1.29 is 22.4 Å². The van der Waals surface area contributed by atoms with Gasteiger partial charge in [-0.25, -0.2) is 17.6 Å². The molecule has 1 aromatic carbocycles. The summed E-state index contributed by atoms with van der Waals surface area (Å²) in [6, 6.07) is 0.376. The zero-order chi connectivity index (χ0) is 14.6. The van der Waals surface area contributed by atoms with E-state index in [0.29, 0.717) is 19.0 Å². The van der Waals surface area contributed by atoms with Crippen molar-refractivity contribution in [3.05, 3.63) is 34.9 Å². The first-order valence-corrected chi connectivity index (χ1v) is 6.87. The van der Waals surface area contributed by atoms with Crippen LogP contribution in [0.2, 0.25) is 0 Å². The fraction of sp³-hybridized carbons (Fsp3) is 0.417. The Bertz CT molecular complexity index is 481. The molecule has 0 fully saturated rings. The Morgan fingerprint density at radius 1 is 1.21 bits per heavy atom. The third kappa shape index (κ3) is 3.62. The van der Waals surface area contributed by atoms with Crippen LogP contribution in [0.5, 0.6) is 0 Å². The van der Waals surface area contributed by atoms with Gasteiger partial charge in [0.2, 0.25) is 0 Å². The first-order valence-electron chi connectivity index (χ1n) is 5.47. The van der Waals surface area contributed by atoms with Gasteiger partial charge in [0.05, 0.1) is 5.56 Å². The average molecular weight is 295 g/mol. The van der Waals surface area contributed by atoms with Crippen molar-refractivity contribution in [1.29, 1.82) is 0 Å². The van der Waals surface area contributed by atoms with Crippen LogP contribution < -0.4 is 0 Å². The molecule has 1 amide bonds. The van der Waals surface area contributed by atoms with Gasteiger partial charge in [0.25, 0.3) is 5.91 Å². The number of halogens is 4. The number of rotatable bonds is 5. The van der Waals surface area contributed by atoms with E-state index in [1.54, 1.807) is 11.8 Å². The molecule has 0 unspecified atom stereocenters. The summed E-state index contributed by atoms with van der Waals surface area (Å²) in [7, 11) is 1.39. The molecule has 106 valence electrons. The minimum atomic E-state index is -1.97. The van der Waals surface area contributed by atoms with Crippen molar-refractivity contribution in [2.45, 2.75) is 6.42 Å². The van der Waals surface area contributed by atoms with Gasteiger partial charge in [-0.15, -0.1) is 0 Å². The lowest BCUT2D eigenvalue weighted by molar-refractivity contribution is 0.0788. The molecular formula is C12H13F4NOS. The van der Waals surface area contributed by atoms with Gasteiger partial charge in [0.15, 0.2) is 23.3 Å². The number of hydrogen-bond acceptors (Lipinski definition) is 2. The van der Waals surface area contributed by atoms with E-state index in [1.807, 2.05) is 6.26 Å². The first kappa shape index (κ1) is 15.8. The second-order valence-corrected chi connectivity index (χ2v) is 4.91. The Balaban J connectivity index is 2.94. The summed E-state index contributed by atoms with van der Waals surface area (Å²) < 4.78 is 52.2. The quantitative estimate of drug-likeness (QED) is 0.360. The van der Waals surface area contributed by atoms with E-state index < -0.39 is 34.7 Å². The van der Waals surface area contributed by atoms with E-state index in [1.165, 1.54) is 7.05 Å². The summed E-state index contributed by atoms with van der Waals surface area (Å²) in [5, 5.41) is 0. The largest absolute Gasteiger partial charge is 0.342 e. The molecule has 0 aliphatic rings. The molecule has 0 radical (unpaired) electrons. The minimum Gasteiger partial charge on any atom is -0.342 e. The number of thioether (sulfide) groups is 1. The first-order chi connectivity index (χ1) is 8.90. The molecule has 0 saturated heterocycles. The molecule has 0 spiro atoms. The highest BCUT2D eigenvalue weighted by molar-refractivity contribution is 7.98. The molecule has 0 aliphatic carbocycles. The SMILES string of the molecule is CSCCCN(C)C(=O)c1cc(F)c(F)c(F)c1F. The third-order valence-corrected chi connectivity index (χ3v) is 3.22. The Labute approximate surface area is 112 Å². The molecule has 0 saturated carbocycles. The van der Waals surface area contributed by atoms with E-state index in [2.05, 4.69) is 0 Å². The molecule has 19 heavy (non-hydrogen) atoms. The fourth-order valence-electron chi connectivity index (χ4n) is 1.48. The number of nitrogens with zero attached hydrogens (tertiary/aromatic N) is 1. The lowest BCUT2D eigenvalue weighted by Gasteiger charge is -2.17. The second-order valence-electron chi connectivity index (χ2n) is 3.92. The smallest absolute Gasteiger partial charge is 0.256 e. The standard InChI is InChI=1S/C12H13F4NOS/c1-17(4-3-5-19-2)12(18)7-6-8(13)10(15)11(16)9(7)14/h6H,3-5H2,1-2H3. The highest BCUT2D eigenvalue weighted by Gasteiger charge is 2.24. The summed E-state index contributed by atoms with van der Waals surface area (Å²) in [5.41, 5.74) is -0.803. The van der Waals surface area contributed by atoms with Gasteiger partial charge in [0, 0.05) is 13.6 Å². The molecule has 0 N–H and O–H groups in total. The average Bonchev–Trinajstić information content (AvgIpc) is 2.39. The minimum absolute atomic E-state index is 0.319. The fourth-order valence-corrected chi connectivity index (χ4v) is 1.90. The van der Waals surface area contributed by atoms with Gasteiger partial charge in [-0.2, -0.15) is 11.8 Å². The molecule has 0 aromatic heterocycles. The number of carbonyl (C=O) groups excluding carboxylic acids is 1. The summed E-state index contributed by atoms with van der Waals surface area (Å²) in [6.45, 7) is 0.319. The lowest BCUT2D eigenvalue weighted by Crippen LogP contribution is -2.29. The van der Waals surface area contributed by atoms with Crippen LogP contribution in [0.15, 0.2) is 6.07 Å². The van der Waals surface area contributed by atoms with E-state index in [4.69, 9.17) is 0 Å². The maximum atomic E-state index is 13.4. The molecule has 0 bridgehead atoms. The van der Waals surface area contributed by atoms with Crippen LogP contribution in [0, 0.1) is 23.3 Å². The number of benzene rings is 1. The topological polar surface area (TPSA) is 20.3 Å². The normalized spacial score (nSPS) is 10.6. The van der Waals surface area contributed by atoms with Crippen molar-refractivity contribution in [1.82, 2.24) is 4.90 Å². The van der Waals surface area contributed by atoms with E-state index in [-0.39, 0.29) is 0 Å². The van der Waals surface area contributed by atoms with Crippen LogP contribution >= 0.6 is 11.8 Å². The third-order valence-electron chi connectivity index (χ3n) is 2.52. The Morgan fingerprint density at radius 2 is 1.84 bits per heavy atom. The number of carbonyl (C=O) groups is 1. The maximum Gasteiger partial charge on any atom is 0.256 e. The molecule has 0 atom stereocenters. The summed E-state index contributed by atoms with van der Waals surface area (Å²) in [5.74, 6) is -7.22. The van der Waals surface area contributed by atoms with Crippen LogP contribution in [-0.2, 0) is 0 Å². The second kappa shape index (κ2) is 6.79. The highest BCUT2D eigenvalue weighted by atomic mass is 32.2. The zero-order valence-electron chi connectivity index (χ0n) is 10.5. The van der Waals surface area contributed by atoms with Gasteiger partial charge in [-0.3, -0.25) is 4.79 Å². The van der Waals surface area contributed by atoms with Crippen LogP contribution in [0.4, 0.5) is 17.6 Å². The Hall–Kier alpha value is -1.24. The molecule has 0 aliphatic heterocycles. The maximum absolute atomic E-state index is 13.4. The Morgan fingerprint density at radius 3 is 2.42 bits per heavy atom. The molecule has 0 heterocycles. The van der Waals surface area contributed by atoms with E-state index in [0.717, 1.165) is 10.7 Å². The van der Waals surface area contributed by atoms with Crippen molar-refractivity contribution >= 4 is 17.7 Å². The van der Waals surface area contributed by atoms with Crippen molar-refractivity contribution in [2.75, 3.05) is 25.6 Å². The zero-order valence-corrected chi connectivity index (χ0v) is 11.3. The summed E-state index contributed by atoms with van der Waals surface area (Å²) >= 11 is 1.58. The van der Waals surface area contributed by atoms with Crippen LogP contribution in [0.1, 0.15) is 16.8 Å². The van der Waals surface area contributed by atoms with Crippen molar-refractivity contribution in [3.8, 4) is 0 Å². The van der Waals surface area contributed by atoms with E-state index in [9.17, 15) is 22.4 Å². The van der Waals surface area contributed by atoms with Gasteiger partial charge in [0.1, 0.15) is 0 Å². The number of hydrogen-bond donors (Lipinski definition) is 0. The molecule has 1 rings (SSSR count). The van der Waals surface area contributed by atoms with Crippen LogP contribution in [0.25, 0.3) is 0 Å². The van der Waals surface area contributed by atoms with Crippen LogP contribution in [-0.4, -0.2) is 36.4 Å². The molecule has 2 nitrogen and oxygen atoms in total. The lowest BCUT2D eigenvalue weighted by atomic mass is 10.1. The summed E-state index contributed by atoms with van der Waals surface area (Å²) in [6.07, 6.45) is 2.56. The molecular weight excluding hydrogens is 282 g/mol. The molecule has 1 aromatic rings. The van der Waals surface area contributed by atoms with E-state index >= 15 is 0 Å². The van der Waals surface area contributed by atoms with Crippen LogP contribution in [0.3, 0.4) is 0 Å². The van der Waals surface area contributed by atoms with Crippen molar-refractivity contribution in [3.63, 3.8) is 0 Å².